The zero-order chi connectivity index (χ0) is 22.5. The fourth-order valence-electron chi connectivity index (χ4n) is 4.56. The molecule has 3 atom stereocenters. The normalized spacial score (nSPS) is 21.5. The van der Waals surface area contributed by atoms with Crippen LogP contribution in [0.2, 0.25) is 10.0 Å². The van der Waals surface area contributed by atoms with Crippen LogP contribution < -0.4 is 10.0 Å². The van der Waals surface area contributed by atoms with Crippen LogP contribution in [-0.4, -0.2) is 8.42 Å². The van der Waals surface area contributed by atoms with Crippen molar-refractivity contribution in [1.29, 1.82) is 0 Å². The van der Waals surface area contributed by atoms with Crippen LogP contribution in [0.4, 0.5) is 15.8 Å². The number of anilines is 2. The van der Waals surface area contributed by atoms with Gasteiger partial charge in [0.05, 0.1) is 26.7 Å². The van der Waals surface area contributed by atoms with Gasteiger partial charge in [-0.2, -0.15) is 0 Å². The van der Waals surface area contributed by atoms with Gasteiger partial charge in [0.1, 0.15) is 5.82 Å². The molecule has 1 aliphatic heterocycles. The van der Waals surface area contributed by atoms with Gasteiger partial charge in [-0.15, -0.1) is 0 Å². The summed E-state index contributed by atoms with van der Waals surface area (Å²) in [7, 11) is -3.89. The van der Waals surface area contributed by atoms with Gasteiger partial charge in [0.2, 0.25) is 0 Å². The second-order valence-corrected chi connectivity index (χ2v) is 10.4. The maximum absolute atomic E-state index is 14.5. The van der Waals surface area contributed by atoms with E-state index in [1.54, 1.807) is 42.5 Å². The van der Waals surface area contributed by atoms with Gasteiger partial charge < -0.3 is 5.32 Å². The first-order chi connectivity index (χ1) is 15.3. The van der Waals surface area contributed by atoms with Gasteiger partial charge >= 0.3 is 0 Å². The highest BCUT2D eigenvalue weighted by Gasteiger charge is 2.39. The molecule has 1 heterocycles. The highest BCUT2D eigenvalue weighted by Crippen LogP contribution is 2.50. The molecular formula is C24H19Cl2FN2O2S. The van der Waals surface area contributed by atoms with E-state index in [2.05, 4.69) is 22.2 Å². The molecule has 0 saturated carbocycles. The van der Waals surface area contributed by atoms with E-state index < -0.39 is 10.0 Å². The third-order valence-corrected chi connectivity index (χ3v) is 8.26. The van der Waals surface area contributed by atoms with Crippen LogP contribution in [0.1, 0.15) is 29.5 Å². The zero-order valence-electron chi connectivity index (χ0n) is 16.7. The number of sulfonamides is 1. The molecule has 0 spiro atoms. The Hall–Kier alpha value is -2.54. The molecule has 0 aromatic heterocycles. The third kappa shape index (κ3) is 3.66. The average Bonchev–Trinajstić information content (AvgIpc) is 3.27. The van der Waals surface area contributed by atoms with E-state index in [4.69, 9.17) is 23.2 Å². The smallest absolute Gasteiger partial charge is 0.261 e. The van der Waals surface area contributed by atoms with Crippen LogP contribution in [0.5, 0.6) is 0 Å². The van der Waals surface area contributed by atoms with Crippen molar-refractivity contribution in [3.8, 4) is 0 Å². The van der Waals surface area contributed by atoms with E-state index in [9.17, 15) is 12.8 Å². The lowest BCUT2D eigenvalue weighted by molar-refractivity contribution is 0.413. The predicted molar refractivity (Wildman–Crippen MR) is 126 cm³/mol. The Labute approximate surface area is 196 Å². The maximum Gasteiger partial charge on any atom is 0.261 e. The number of fused-ring (bicyclic) bond motifs is 3. The van der Waals surface area contributed by atoms with Crippen molar-refractivity contribution in [3.63, 3.8) is 0 Å². The minimum absolute atomic E-state index is 0.0132. The fourth-order valence-corrected chi connectivity index (χ4v) is 6.07. The zero-order valence-corrected chi connectivity index (χ0v) is 19.1. The van der Waals surface area contributed by atoms with Gasteiger partial charge in [-0.1, -0.05) is 59.6 Å². The summed E-state index contributed by atoms with van der Waals surface area (Å²) in [5.74, 6) is -0.172. The Kier molecular flexibility index (Phi) is 5.40. The van der Waals surface area contributed by atoms with E-state index in [0.717, 1.165) is 17.7 Å². The Morgan fingerprint density at radius 2 is 1.81 bits per heavy atom. The summed E-state index contributed by atoms with van der Waals surface area (Å²) in [6.07, 6.45) is 4.93. The third-order valence-electron chi connectivity index (χ3n) is 6.08. The molecule has 0 saturated heterocycles. The van der Waals surface area contributed by atoms with Crippen molar-refractivity contribution in [1.82, 2.24) is 0 Å². The van der Waals surface area contributed by atoms with Crippen molar-refractivity contribution >= 4 is 44.6 Å². The molecule has 2 N–H and O–H groups in total. The summed E-state index contributed by atoms with van der Waals surface area (Å²) >= 11 is 12.2. The molecule has 1 aliphatic carbocycles. The summed E-state index contributed by atoms with van der Waals surface area (Å²) < 4.78 is 43.2. The largest absolute Gasteiger partial charge is 0.378 e. The lowest BCUT2D eigenvalue weighted by atomic mass is 9.77. The first-order valence-corrected chi connectivity index (χ1v) is 12.4. The number of halogens is 3. The predicted octanol–water partition coefficient (Wildman–Crippen LogP) is 6.76. The minimum Gasteiger partial charge on any atom is -0.378 e. The maximum atomic E-state index is 14.5. The van der Waals surface area contributed by atoms with E-state index in [-0.39, 0.29) is 44.3 Å². The van der Waals surface area contributed by atoms with Crippen molar-refractivity contribution in [2.75, 3.05) is 10.0 Å². The summed E-state index contributed by atoms with van der Waals surface area (Å²) in [5, 5.41) is 3.84. The minimum atomic E-state index is -3.89. The highest BCUT2D eigenvalue weighted by molar-refractivity contribution is 7.92. The van der Waals surface area contributed by atoms with E-state index in [1.165, 1.54) is 12.1 Å². The number of benzene rings is 3. The van der Waals surface area contributed by atoms with Crippen LogP contribution in [-0.2, 0) is 10.0 Å². The topological polar surface area (TPSA) is 58.2 Å². The second kappa shape index (κ2) is 8.10. The highest BCUT2D eigenvalue weighted by atomic mass is 35.5. The first kappa shape index (κ1) is 21.3. The molecule has 2 aliphatic rings. The summed E-state index contributed by atoms with van der Waals surface area (Å²) in [5.41, 5.74) is 2.50. The number of nitrogens with one attached hydrogen (secondary N) is 2. The first-order valence-electron chi connectivity index (χ1n) is 10.1. The number of hydrogen-bond acceptors (Lipinski definition) is 3. The van der Waals surface area contributed by atoms with Crippen LogP contribution >= 0.6 is 23.2 Å². The monoisotopic (exact) mass is 488 g/mol. The molecule has 0 amide bonds. The van der Waals surface area contributed by atoms with Gasteiger partial charge in [0.25, 0.3) is 10.0 Å². The van der Waals surface area contributed by atoms with Crippen molar-refractivity contribution in [2.45, 2.75) is 23.3 Å². The molecule has 5 rings (SSSR count). The average molecular weight is 489 g/mol. The standard InChI is InChI=1S/C24H19Cl2FN2O2S/c25-19-8-4-10-22(23(19)26)29-32(30,31)14-11-12-21-18(13-14)15-6-3-7-16(15)24(28-21)17-5-1-2-9-20(17)27/h1-6,8-13,15-16,24,28-29H,7H2/t15-,16+,24-/m0/s1. The Bertz CT molecular complexity index is 1340. The lowest BCUT2D eigenvalue weighted by Crippen LogP contribution is -2.30. The molecule has 0 unspecified atom stereocenters. The van der Waals surface area contributed by atoms with Crippen molar-refractivity contribution < 1.29 is 12.8 Å². The van der Waals surface area contributed by atoms with E-state index in [0.29, 0.717) is 5.56 Å². The molecule has 3 aromatic rings. The number of allylic oxidation sites excluding steroid dienone is 2. The van der Waals surface area contributed by atoms with Gasteiger partial charge in [-0.05, 0) is 54.3 Å². The molecule has 0 bridgehead atoms. The van der Waals surface area contributed by atoms with Crippen molar-refractivity contribution in [2.24, 2.45) is 5.92 Å². The van der Waals surface area contributed by atoms with Gasteiger partial charge in [0, 0.05) is 17.2 Å². The SMILES string of the molecule is O=S(=O)(Nc1cccc(Cl)c1Cl)c1ccc2c(c1)[C@H]1C=CC[C@H]1[C@@H](c1ccccc1F)N2. The second-order valence-electron chi connectivity index (χ2n) is 7.95. The summed E-state index contributed by atoms with van der Waals surface area (Å²) in [6.45, 7) is 0. The van der Waals surface area contributed by atoms with Crippen LogP contribution in [0.15, 0.2) is 77.7 Å². The molecule has 4 nitrogen and oxygen atoms in total. The number of rotatable bonds is 4. The van der Waals surface area contributed by atoms with Gasteiger partial charge in [0.15, 0.2) is 0 Å². The van der Waals surface area contributed by atoms with Gasteiger partial charge in [-0.25, -0.2) is 12.8 Å². The van der Waals surface area contributed by atoms with Crippen molar-refractivity contribution in [3.05, 3.63) is 99.8 Å². The number of hydrogen-bond donors (Lipinski definition) is 2. The van der Waals surface area contributed by atoms with Crippen LogP contribution in [0.3, 0.4) is 0 Å². The molecule has 32 heavy (non-hydrogen) atoms. The molecule has 8 heteroatoms. The molecular weight excluding hydrogens is 470 g/mol. The summed E-state index contributed by atoms with van der Waals surface area (Å²) in [4.78, 5) is 0.123. The Morgan fingerprint density at radius 3 is 2.62 bits per heavy atom. The molecule has 0 fully saturated rings. The van der Waals surface area contributed by atoms with Gasteiger partial charge in [-0.3, -0.25) is 4.72 Å². The van der Waals surface area contributed by atoms with E-state index in [1.807, 2.05) is 6.07 Å². The summed E-state index contributed by atoms with van der Waals surface area (Å²) in [6, 6.07) is 16.3. The molecule has 0 radical (unpaired) electrons. The molecule has 164 valence electrons. The molecule has 3 aromatic carbocycles. The Balaban J connectivity index is 1.51. The quantitative estimate of drug-likeness (QED) is 0.398. The lowest BCUT2D eigenvalue weighted by Gasteiger charge is -2.37. The fraction of sp³-hybridized carbons (Fsp3) is 0.167. The van der Waals surface area contributed by atoms with Crippen LogP contribution in [0.25, 0.3) is 0 Å². The van der Waals surface area contributed by atoms with Crippen LogP contribution in [0, 0.1) is 11.7 Å². The Morgan fingerprint density at radius 1 is 1.00 bits per heavy atom. The van der Waals surface area contributed by atoms with E-state index >= 15 is 0 Å².